The summed E-state index contributed by atoms with van der Waals surface area (Å²) in [6.45, 7) is 6.56. The normalized spacial score (nSPS) is 11.0. The molecule has 0 aliphatic rings. The average molecular weight is 352 g/mol. The summed E-state index contributed by atoms with van der Waals surface area (Å²) >= 11 is 1.23. The zero-order chi connectivity index (χ0) is 18.2. The van der Waals surface area contributed by atoms with E-state index in [1.807, 2.05) is 12.1 Å². The molecule has 0 bridgehead atoms. The van der Waals surface area contributed by atoms with E-state index in [2.05, 4.69) is 31.4 Å². The first-order valence-electron chi connectivity index (χ1n) is 7.65. The standard InChI is InChI=1S/C17H24N2O4S/c1-17(2,3)13-6-4-12(5-7-13)16(23)19-10-14(20)18-8-9-24-11-15(21)22/h4-7H,8-11H2,1-3H3,(H,18,20)(H,19,23)(H,21,22). The first-order chi connectivity index (χ1) is 11.2. The molecule has 0 aromatic heterocycles. The Morgan fingerprint density at radius 3 is 2.25 bits per heavy atom. The van der Waals surface area contributed by atoms with Gasteiger partial charge >= 0.3 is 5.97 Å². The lowest BCUT2D eigenvalue weighted by Gasteiger charge is -2.19. The van der Waals surface area contributed by atoms with Gasteiger partial charge < -0.3 is 15.7 Å². The maximum Gasteiger partial charge on any atom is 0.313 e. The summed E-state index contributed by atoms with van der Waals surface area (Å²) < 4.78 is 0. The molecular weight excluding hydrogens is 328 g/mol. The molecule has 0 fully saturated rings. The molecule has 24 heavy (non-hydrogen) atoms. The molecule has 0 heterocycles. The highest BCUT2D eigenvalue weighted by Crippen LogP contribution is 2.22. The van der Waals surface area contributed by atoms with Crippen molar-refractivity contribution in [2.75, 3.05) is 24.6 Å². The molecule has 3 N–H and O–H groups in total. The molecular formula is C17H24N2O4S. The van der Waals surface area contributed by atoms with Gasteiger partial charge in [0.25, 0.3) is 5.91 Å². The largest absolute Gasteiger partial charge is 0.481 e. The first kappa shape index (κ1) is 20.0. The maximum absolute atomic E-state index is 12.0. The van der Waals surface area contributed by atoms with Crippen LogP contribution >= 0.6 is 11.8 Å². The van der Waals surface area contributed by atoms with Gasteiger partial charge in [-0.15, -0.1) is 11.8 Å². The van der Waals surface area contributed by atoms with Gasteiger partial charge in [-0.3, -0.25) is 14.4 Å². The van der Waals surface area contributed by atoms with Crippen molar-refractivity contribution in [1.29, 1.82) is 0 Å². The van der Waals surface area contributed by atoms with Crippen molar-refractivity contribution in [2.45, 2.75) is 26.2 Å². The number of carbonyl (C=O) groups is 3. The molecule has 0 aliphatic carbocycles. The fraction of sp³-hybridized carbons (Fsp3) is 0.471. The van der Waals surface area contributed by atoms with Crippen LogP contribution in [0.5, 0.6) is 0 Å². The smallest absolute Gasteiger partial charge is 0.313 e. The summed E-state index contributed by atoms with van der Waals surface area (Å²) in [5.41, 5.74) is 1.66. The van der Waals surface area contributed by atoms with Crippen LogP contribution in [0.4, 0.5) is 0 Å². The summed E-state index contributed by atoms with van der Waals surface area (Å²) in [4.78, 5) is 33.9. The number of aliphatic carboxylic acids is 1. The van der Waals surface area contributed by atoms with Crippen molar-refractivity contribution < 1.29 is 19.5 Å². The van der Waals surface area contributed by atoms with Crippen LogP contribution in [0.3, 0.4) is 0 Å². The third-order valence-electron chi connectivity index (χ3n) is 3.22. The molecule has 0 saturated carbocycles. The van der Waals surface area contributed by atoms with E-state index in [0.29, 0.717) is 17.9 Å². The molecule has 1 aromatic rings. The van der Waals surface area contributed by atoms with Crippen molar-refractivity contribution in [2.24, 2.45) is 0 Å². The molecule has 132 valence electrons. The SMILES string of the molecule is CC(C)(C)c1ccc(C(=O)NCC(=O)NCCSCC(=O)O)cc1. The van der Waals surface area contributed by atoms with Gasteiger partial charge in [-0.05, 0) is 23.1 Å². The Balaban J connectivity index is 2.32. The Morgan fingerprint density at radius 2 is 1.71 bits per heavy atom. The van der Waals surface area contributed by atoms with Crippen molar-refractivity contribution in [3.63, 3.8) is 0 Å². The Hall–Kier alpha value is -2.02. The zero-order valence-corrected chi connectivity index (χ0v) is 15.0. The minimum absolute atomic E-state index is 0.0111. The molecule has 0 unspecified atom stereocenters. The Kier molecular flexibility index (Phi) is 7.78. The van der Waals surface area contributed by atoms with Gasteiger partial charge in [-0.1, -0.05) is 32.9 Å². The highest BCUT2D eigenvalue weighted by Gasteiger charge is 2.14. The highest BCUT2D eigenvalue weighted by atomic mass is 32.2. The third-order valence-corrected chi connectivity index (χ3v) is 4.16. The number of amides is 2. The van der Waals surface area contributed by atoms with E-state index >= 15 is 0 Å². The maximum atomic E-state index is 12.0. The van der Waals surface area contributed by atoms with Crippen LogP contribution in [0.1, 0.15) is 36.7 Å². The van der Waals surface area contributed by atoms with Crippen LogP contribution in [-0.2, 0) is 15.0 Å². The second-order valence-corrected chi connectivity index (χ2v) is 7.41. The van der Waals surface area contributed by atoms with E-state index in [9.17, 15) is 14.4 Å². The lowest BCUT2D eigenvalue weighted by molar-refractivity contribution is -0.133. The van der Waals surface area contributed by atoms with E-state index in [0.717, 1.165) is 5.56 Å². The average Bonchev–Trinajstić information content (AvgIpc) is 2.51. The number of rotatable bonds is 8. The molecule has 7 heteroatoms. The number of carboxylic acids is 1. The van der Waals surface area contributed by atoms with Gasteiger partial charge in [-0.25, -0.2) is 0 Å². The summed E-state index contributed by atoms with van der Waals surface area (Å²) in [5.74, 6) is -0.954. The van der Waals surface area contributed by atoms with Crippen molar-refractivity contribution in [1.82, 2.24) is 10.6 Å². The van der Waals surface area contributed by atoms with Gasteiger partial charge in [-0.2, -0.15) is 0 Å². The highest BCUT2D eigenvalue weighted by molar-refractivity contribution is 7.99. The van der Waals surface area contributed by atoms with E-state index in [1.54, 1.807) is 12.1 Å². The molecule has 1 rings (SSSR count). The van der Waals surface area contributed by atoms with Crippen molar-refractivity contribution >= 4 is 29.5 Å². The quantitative estimate of drug-likeness (QED) is 0.618. The van der Waals surface area contributed by atoms with E-state index in [-0.39, 0.29) is 29.5 Å². The first-order valence-corrected chi connectivity index (χ1v) is 8.80. The predicted molar refractivity (Wildman–Crippen MR) is 95.4 cm³/mol. The Labute approximate surface area is 146 Å². The molecule has 0 spiro atoms. The minimum atomic E-state index is -0.879. The van der Waals surface area contributed by atoms with Crippen LogP contribution in [0.15, 0.2) is 24.3 Å². The Morgan fingerprint density at radius 1 is 1.08 bits per heavy atom. The van der Waals surface area contributed by atoms with E-state index in [1.165, 1.54) is 11.8 Å². The Bertz CT molecular complexity index is 579. The summed E-state index contributed by atoms with van der Waals surface area (Å²) in [6.07, 6.45) is 0. The van der Waals surface area contributed by atoms with Gasteiger partial charge in [0.2, 0.25) is 5.91 Å². The number of carboxylic acid groups (broad SMARTS) is 1. The summed E-state index contributed by atoms with van der Waals surface area (Å²) in [7, 11) is 0. The number of thioether (sulfide) groups is 1. The molecule has 1 aromatic carbocycles. The van der Waals surface area contributed by atoms with Crippen LogP contribution in [0.25, 0.3) is 0 Å². The van der Waals surface area contributed by atoms with E-state index in [4.69, 9.17) is 5.11 Å². The molecule has 6 nitrogen and oxygen atoms in total. The van der Waals surface area contributed by atoms with Gasteiger partial charge in [0.15, 0.2) is 0 Å². The third kappa shape index (κ3) is 7.50. The molecule has 0 aliphatic heterocycles. The number of carbonyl (C=O) groups excluding carboxylic acids is 2. The zero-order valence-electron chi connectivity index (χ0n) is 14.2. The van der Waals surface area contributed by atoms with Crippen LogP contribution in [0, 0.1) is 0 Å². The fourth-order valence-corrected chi connectivity index (χ4v) is 2.43. The topological polar surface area (TPSA) is 95.5 Å². The van der Waals surface area contributed by atoms with E-state index < -0.39 is 5.97 Å². The number of benzene rings is 1. The van der Waals surface area contributed by atoms with Crippen molar-refractivity contribution in [3.05, 3.63) is 35.4 Å². The van der Waals surface area contributed by atoms with Gasteiger partial charge in [0, 0.05) is 17.9 Å². The lowest BCUT2D eigenvalue weighted by Crippen LogP contribution is -2.37. The van der Waals surface area contributed by atoms with Crippen LogP contribution < -0.4 is 10.6 Å². The minimum Gasteiger partial charge on any atom is -0.481 e. The molecule has 2 amide bonds. The van der Waals surface area contributed by atoms with Crippen LogP contribution in [-0.4, -0.2) is 47.5 Å². The summed E-state index contributed by atoms with van der Waals surface area (Å²) in [6, 6.07) is 7.32. The van der Waals surface area contributed by atoms with Crippen LogP contribution in [0.2, 0.25) is 0 Å². The predicted octanol–water partition coefficient (Wildman–Crippen LogP) is 1.65. The molecule has 0 radical (unpaired) electrons. The fourth-order valence-electron chi connectivity index (χ4n) is 1.87. The second kappa shape index (κ2) is 9.32. The number of hydrogen-bond donors (Lipinski definition) is 3. The van der Waals surface area contributed by atoms with Gasteiger partial charge in [0.05, 0.1) is 12.3 Å². The summed E-state index contributed by atoms with van der Waals surface area (Å²) in [5, 5.41) is 13.7. The van der Waals surface area contributed by atoms with Gasteiger partial charge in [0.1, 0.15) is 0 Å². The number of nitrogens with one attached hydrogen (secondary N) is 2. The monoisotopic (exact) mass is 352 g/mol. The number of hydrogen-bond acceptors (Lipinski definition) is 4. The molecule has 0 saturated heterocycles. The lowest BCUT2D eigenvalue weighted by atomic mass is 9.87. The second-order valence-electron chi connectivity index (χ2n) is 6.31. The van der Waals surface area contributed by atoms with Crippen molar-refractivity contribution in [3.8, 4) is 0 Å². The molecule has 0 atom stereocenters.